The Morgan fingerprint density at radius 1 is 1.42 bits per heavy atom. The number of carboxylic acid groups (broad SMARTS) is 1. The molecule has 1 atom stereocenters. The number of nitrogens with zero attached hydrogens (tertiary/aromatic N) is 3. The summed E-state index contributed by atoms with van der Waals surface area (Å²) in [6, 6.07) is 6.90. The van der Waals surface area contributed by atoms with E-state index in [-0.39, 0.29) is 29.0 Å². The first-order valence-corrected chi connectivity index (χ1v) is 8.23. The molecule has 1 aromatic carbocycles. The van der Waals surface area contributed by atoms with Crippen molar-refractivity contribution in [2.45, 2.75) is 6.42 Å². The lowest BCUT2D eigenvalue weighted by atomic mass is 10.1. The van der Waals surface area contributed by atoms with Gasteiger partial charge in [-0.15, -0.1) is 0 Å². The first kappa shape index (κ1) is 17.8. The molecule has 1 unspecified atom stereocenters. The quantitative estimate of drug-likeness (QED) is 0.842. The molecular formula is C18H21N3O5. The number of likely N-dealkylation sites (tertiary alicyclic amines) is 1. The lowest BCUT2D eigenvalue weighted by molar-refractivity contribution is -0.126. The van der Waals surface area contributed by atoms with Gasteiger partial charge in [-0.3, -0.25) is 4.79 Å². The average Bonchev–Trinajstić information content (AvgIpc) is 3.19. The van der Waals surface area contributed by atoms with Crippen LogP contribution in [0.25, 0.3) is 11.3 Å². The average molecular weight is 359 g/mol. The number of hydrogen-bond acceptors (Lipinski definition) is 6. The van der Waals surface area contributed by atoms with Gasteiger partial charge in [0, 0.05) is 45.1 Å². The van der Waals surface area contributed by atoms with Crippen molar-refractivity contribution in [3.63, 3.8) is 0 Å². The van der Waals surface area contributed by atoms with E-state index in [9.17, 15) is 14.7 Å². The number of carbonyl (C=O) groups is 2. The lowest BCUT2D eigenvalue weighted by Gasteiger charge is -2.20. The van der Waals surface area contributed by atoms with E-state index in [0.717, 1.165) is 0 Å². The Morgan fingerprint density at radius 3 is 2.65 bits per heavy atom. The highest BCUT2D eigenvalue weighted by molar-refractivity contribution is 5.99. The van der Waals surface area contributed by atoms with E-state index in [4.69, 9.17) is 9.26 Å². The molecule has 1 aliphatic rings. The van der Waals surface area contributed by atoms with Crippen LogP contribution in [0.3, 0.4) is 0 Å². The standard InChI is InChI=1S/C18H21N3O5/c1-20-9-11(8-14(20)22)10-21(2)17-15(18(23)24)16(26-19-17)12-4-6-13(25-3)7-5-12/h4-7,11H,8-10H2,1-3H3,(H,23,24). The van der Waals surface area contributed by atoms with Crippen molar-refractivity contribution < 1.29 is 24.0 Å². The highest BCUT2D eigenvalue weighted by Gasteiger charge is 2.31. The van der Waals surface area contributed by atoms with Crippen LogP contribution >= 0.6 is 0 Å². The first-order valence-electron chi connectivity index (χ1n) is 8.23. The van der Waals surface area contributed by atoms with Gasteiger partial charge in [0.25, 0.3) is 0 Å². The topological polar surface area (TPSA) is 96.1 Å². The van der Waals surface area contributed by atoms with Gasteiger partial charge in [-0.2, -0.15) is 0 Å². The third-order valence-corrected chi connectivity index (χ3v) is 4.55. The summed E-state index contributed by atoms with van der Waals surface area (Å²) in [5.41, 5.74) is 0.612. The summed E-state index contributed by atoms with van der Waals surface area (Å²) in [5, 5.41) is 13.7. The zero-order valence-corrected chi connectivity index (χ0v) is 14.9. The Bertz CT molecular complexity index is 815. The SMILES string of the molecule is COc1ccc(-c2onc(N(C)CC3CC(=O)N(C)C3)c2C(=O)O)cc1. The van der Waals surface area contributed by atoms with E-state index in [0.29, 0.717) is 30.8 Å². The Hall–Kier alpha value is -3.03. The second-order valence-electron chi connectivity index (χ2n) is 6.47. The number of rotatable bonds is 6. The van der Waals surface area contributed by atoms with Gasteiger partial charge in [-0.25, -0.2) is 4.79 Å². The Morgan fingerprint density at radius 2 is 2.12 bits per heavy atom. The van der Waals surface area contributed by atoms with Crippen LogP contribution in [0.15, 0.2) is 28.8 Å². The molecule has 0 aliphatic carbocycles. The first-order chi connectivity index (χ1) is 12.4. The van der Waals surface area contributed by atoms with Crippen LogP contribution in [0.5, 0.6) is 5.75 Å². The predicted molar refractivity (Wildman–Crippen MR) is 94.5 cm³/mol. The van der Waals surface area contributed by atoms with E-state index >= 15 is 0 Å². The number of amides is 1. The van der Waals surface area contributed by atoms with Gasteiger partial charge in [0.05, 0.1) is 7.11 Å². The molecule has 138 valence electrons. The molecule has 26 heavy (non-hydrogen) atoms. The van der Waals surface area contributed by atoms with Crippen LogP contribution in [-0.2, 0) is 4.79 Å². The predicted octanol–water partition coefficient (Wildman–Crippen LogP) is 1.96. The number of anilines is 1. The number of carboxylic acids is 1. The number of ether oxygens (including phenoxy) is 1. The van der Waals surface area contributed by atoms with Gasteiger partial charge >= 0.3 is 5.97 Å². The van der Waals surface area contributed by atoms with Crippen molar-refractivity contribution in [1.82, 2.24) is 10.1 Å². The summed E-state index contributed by atoms with van der Waals surface area (Å²) in [6.07, 6.45) is 0.451. The number of hydrogen-bond donors (Lipinski definition) is 1. The zero-order chi connectivity index (χ0) is 18.8. The second-order valence-corrected chi connectivity index (χ2v) is 6.47. The van der Waals surface area contributed by atoms with Crippen molar-refractivity contribution in [2.24, 2.45) is 5.92 Å². The van der Waals surface area contributed by atoms with Crippen LogP contribution in [0, 0.1) is 5.92 Å². The summed E-state index contributed by atoms with van der Waals surface area (Å²) >= 11 is 0. The minimum absolute atomic E-state index is 0.00958. The molecule has 1 aliphatic heterocycles. The van der Waals surface area contributed by atoms with Crippen LogP contribution in [-0.4, -0.2) is 61.3 Å². The molecule has 0 saturated carbocycles. The summed E-state index contributed by atoms with van der Waals surface area (Å²) in [6.45, 7) is 1.17. The van der Waals surface area contributed by atoms with E-state index in [2.05, 4.69) is 5.16 Å². The molecule has 0 spiro atoms. The molecule has 2 heterocycles. The minimum Gasteiger partial charge on any atom is -0.497 e. The van der Waals surface area contributed by atoms with Crippen molar-refractivity contribution in [1.29, 1.82) is 0 Å². The third kappa shape index (κ3) is 3.35. The third-order valence-electron chi connectivity index (χ3n) is 4.55. The monoisotopic (exact) mass is 359 g/mol. The molecule has 0 bridgehead atoms. The van der Waals surface area contributed by atoms with Gasteiger partial charge in [-0.05, 0) is 24.3 Å². The van der Waals surface area contributed by atoms with Crippen molar-refractivity contribution >= 4 is 17.7 Å². The molecule has 8 nitrogen and oxygen atoms in total. The smallest absolute Gasteiger partial charge is 0.343 e. The number of carbonyl (C=O) groups excluding carboxylic acids is 1. The number of benzene rings is 1. The molecule has 1 aromatic heterocycles. The van der Waals surface area contributed by atoms with E-state index in [1.54, 1.807) is 55.3 Å². The van der Waals surface area contributed by atoms with Crippen LogP contribution in [0.4, 0.5) is 5.82 Å². The highest BCUT2D eigenvalue weighted by Crippen LogP contribution is 2.32. The molecule has 0 radical (unpaired) electrons. The summed E-state index contributed by atoms with van der Waals surface area (Å²) in [5.74, 6) is 0.226. The van der Waals surface area contributed by atoms with Crippen molar-refractivity contribution in [3.05, 3.63) is 29.8 Å². The molecule has 3 rings (SSSR count). The minimum atomic E-state index is -1.11. The summed E-state index contributed by atoms with van der Waals surface area (Å²) in [4.78, 5) is 26.9. The molecule has 8 heteroatoms. The molecule has 1 saturated heterocycles. The fourth-order valence-electron chi connectivity index (χ4n) is 3.23. The molecule has 1 N–H and O–H groups in total. The van der Waals surface area contributed by atoms with Crippen molar-refractivity contribution in [2.75, 3.05) is 39.2 Å². The van der Waals surface area contributed by atoms with E-state index in [1.165, 1.54) is 0 Å². The normalized spacial score (nSPS) is 16.8. The van der Waals surface area contributed by atoms with Crippen molar-refractivity contribution in [3.8, 4) is 17.1 Å². The number of aromatic carboxylic acids is 1. The second kappa shape index (κ2) is 7.07. The van der Waals surface area contributed by atoms with Crippen LogP contribution < -0.4 is 9.64 Å². The molecular weight excluding hydrogens is 338 g/mol. The maximum Gasteiger partial charge on any atom is 0.343 e. The van der Waals surface area contributed by atoms with E-state index < -0.39 is 5.97 Å². The summed E-state index contributed by atoms with van der Waals surface area (Å²) < 4.78 is 10.5. The Labute approximate surface area is 150 Å². The Kier molecular flexibility index (Phi) is 4.83. The lowest BCUT2D eigenvalue weighted by Crippen LogP contribution is -2.28. The highest BCUT2D eigenvalue weighted by atomic mass is 16.5. The van der Waals surface area contributed by atoms with Gasteiger partial charge < -0.3 is 24.2 Å². The van der Waals surface area contributed by atoms with Gasteiger partial charge in [0.15, 0.2) is 17.1 Å². The largest absolute Gasteiger partial charge is 0.497 e. The Balaban J connectivity index is 1.86. The van der Waals surface area contributed by atoms with Gasteiger partial charge in [-0.1, -0.05) is 5.16 Å². The fourth-order valence-corrected chi connectivity index (χ4v) is 3.23. The molecule has 1 amide bonds. The van der Waals surface area contributed by atoms with Crippen LogP contribution in [0.1, 0.15) is 16.8 Å². The van der Waals surface area contributed by atoms with Crippen LogP contribution in [0.2, 0.25) is 0 Å². The zero-order valence-electron chi connectivity index (χ0n) is 14.9. The fraction of sp³-hybridized carbons (Fsp3) is 0.389. The maximum absolute atomic E-state index is 11.8. The van der Waals surface area contributed by atoms with Gasteiger partial charge in [0.2, 0.25) is 5.91 Å². The number of methoxy groups -OCH3 is 1. The summed E-state index contributed by atoms with van der Waals surface area (Å²) in [7, 11) is 5.08. The maximum atomic E-state index is 11.8. The van der Waals surface area contributed by atoms with E-state index in [1.807, 2.05) is 0 Å². The number of aromatic nitrogens is 1. The molecule has 1 fully saturated rings. The van der Waals surface area contributed by atoms with Gasteiger partial charge in [0.1, 0.15) is 5.75 Å². The molecule has 2 aromatic rings.